The highest BCUT2D eigenvalue weighted by atomic mass is 16.6. The number of nitriles is 1. The van der Waals surface area contributed by atoms with Crippen molar-refractivity contribution in [3.05, 3.63) is 45.5 Å². The van der Waals surface area contributed by atoms with Crippen molar-refractivity contribution in [3.63, 3.8) is 0 Å². The van der Waals surface area contributed by atoms with Crippen molar-refractivity contribution in [2.24, 2.45) is 0 Å². The maximum atomic E-state index is 10.7. The standard InChI is InChI=1S/C13H12N2O2/c1-13(2)8-9(5-6-14)11-7-10(15(16)17)3-4-12(11)13/h3-5,7H,8H2,1-2H3/b9-5+. The maximum absolute atomic E-state index is 10.7. The van der Waals surface area contributed by atoms with E-state index in [2.05, 4.69) is 13.8 Å². The van der Waals surface area contributed by atoms with Crippen LogP contribution in [0.4, 0.5) is 5.69 Å². The minimum atomic E-state index is -0.407. The molecule has 1 aliphatic carbocycles. The van der Waals surface area contributed by atoms with E-state index in [9.17, 15) is 10.1 Å². The first kappa shape index (κ1) is 11.3. The summed E-state index contributed by atoms with van der Waals surface area (Å²) in [5, 5.41) is 19.5. The number of fused-ring (bicyclic) bond motifs is 1. The molecule has 1 aromatic carbocycles. The highest BCUT2D eigenvalue weighted by molar-refractivity contribution is 5.78. The Morgan fingerprint density at radius 3 is 2.82 bits per heavy atom. The zero-order valence-corrected chi connectivity index (χ0v) is 9.73. The first-order valence-corrected chi connectivity index (χ1v) is 5.33. The lowest BCUT2D eigenvalue weighted by Gasteiger charge is -2.17. The average Bonchev–Trinajstić information content (AvgIpc) is 2.51. The van der Waals surface area contributed by atoms with Gasteiger partial charge in [-0.1, -0.05) is 19.9 Å². The fourth-order valence-electron chi connectivity index (χ4n) is 2.37. The van der Waals surface area contributed by atoms with Crippen LogP contribution in [0.1, 0.15) is 31.4 Å². The summed E-state index contributed by atoms with van der Waals surface area (Å²) in [7, 11) is 0. The van der Waals surface area contributed by atoms with Crippen LogP contribution in [0.2, 0.25) is 0 Å². The van der Waals surface area contributed by atoms with Gasteiger partial charge < -0.3 is 0 Å². The Balaban J connectivity index is 2.64. The number of nitrogens with zero attached hydrogens (tertiary/aromatic N) is 2. The van der Waals surface area contributed by atoms with Crippen LogP contribution in [0.15, 0.2) is 24.3 Å². The minimum absolute atomic E-state index is 0.0624. The molecule has 1 aliphatic rings. The van der Waals surface area contributed by atoms with E-state index < -0.39 is 4.92 Å². The van der Waals surface area contributed by atoms with Crippen LogP contribution < -0.4 is 0 Å². The third-order valence-electron chi connectivity index (χ3n) is 3.16. The zero-order chi connectivity index (χ0) is 12.6. The van der Waals surface area contributed by atoms with E-state index in [1.54, 1.807) is 12.1 Å². The number of benzene rings is 1. The molecule has 0 bridgehead atoms. The monoisotopic (exact) mass is 228 g/mol. The quantitative estimate of drug-likeness (QED) is 0.421. The highest BCUT2D eigenvalue weighted by Gasteiger charge is 2.34. The normalized spacial score (nSPS) is 18.8. The Bertz CT molecular complexity index is 565. The van der Waals surface area contributed by atoms with Crippen molar-refractivity contribution in [1.29, 1.82) is 5.26 Å². The van der Waals surface area contributed by atoms with Gasteiger partial charge in [0.05, 0.1) is 11.0 Å². The van der Waals surface area contributed by atoms with Crippen LogP contribution in [-0.4, -0.2) is 4.92 Å². The van der Waals surface area contributed by atoms with Gasteiger partial charge in [0.2, 0.25) is 0 Å². The SMILES string of the molecule is CC1(C)C/C(=C\C#N)c2cc([N+](=O)[O-])ccc21. The summed E-state index contributed by atoms with van der Waals surface area (Å²) in [5.41, 5.74) is 2.81. The Labute approximate surface area is 99.3 Å². The Hall–Kier alpha value is -2.15. The molecule has 0 heterocycles. The molecular weight excluding hydrogens is 216 g/mol. The largest absolute Gasteiger partial charge is 0.270 e. The van der Waals surface area contributed by atoms with Crippen LogP contribution in [0.5, 0.6) is 0 Å². The van der Waals surface area contributed by atoms with E-state index in [1.165, 1.54) is 12.1 Å². The van der Waals surface area contributed by atoms with Crippen LogP contribution in [0, 0.1) is 21.4 Å². The molecule has 0 aromatic heterocycles. The van der Waals surface area contributed by atoms with Gasteiger partial charge in [0, 0.05) is 18.2 Å². The molecule has 0 saturated heterocycles. The molecule has 0 radical (unpaired) electrons. The molecule has 0 saturated carbocycles. The zero-order valence-electron chi connectivity index (χ0n) is 9.73. The summed E-state index contributed by atoms with van der Waals surface area (Å²) in [5.74, 6) is 0. The molecule has 0 atom stereocenters. The third kappa shape index (κ3) is 1.80. The van der Waals surface area contributed by atoms with Crippen LogP contribution in [-0.2, 0) is 5.41 Å². The molecule has 0 aliphatic heterocycles. The molecule has 0 unspecified atom stereocenters. The van der Waals surface area contributed by atoms with Crippen molar-refractivity contribution >= 4 is 11.3 Å². The van der Waals surface area contributed by atoms with Crippen molar-refractivity contribution in [2.45, 2.75) is 25.7 Å². The molecule has 0 N–H and O–H groups in total. The first-order chi connectivity index (χ1) is 7.95. The van der Waals surface area contributed by atoms with Gasteiger partial charge >= 0.3 is 0 Å². The van der Waals surface area contributed by atoms with E-state index in [4.69, 9.17) is 5.26 Å². The molecule has 86 valence electrons. The van der Waals surface area contributed by atoms with Gasteiger partial charge in [-0.05, 0) is 28.5 Å². The van der Waals surface area contributed by atoms with E-state index in [0.29, 0.717) is 0 Å². The van der Waals surface area contributed by atoms with Crippen molar-refractivity contribution < 1.29 is 4.92 Å². The summed E-state index contributed by atoms with van der Waals surface area (Å²) < 4.78 is 0. The van der Waals surface area contributed by atoms with Gasteiger partial charge in [-0.3, -0.25) is 10.1 Å². The molecule has 2 rings (SSSR count). The van der Waals surface area contributed by atoms with Crippen LogP contribution in [0.3, 0.4) is 0 Å². The molecule has 0 amide bonds. The number of hydrogen-bond acceptors (Lipinski definition) is 3. The summed E-state index contributed by atoms with van der Waals surface area (Å²) in [6, 6.07) is 6.89. The Kier molecular flexibility index (Phi) is 2.47. The average molecular weight is 228 g/mol. The Morgan fingerprint density at radius 1 is 1.53 bits per heavy atom. The Morgan fingerprint density at radius 2 is 2.24 bits per heavy atom. The predicted molar refractivity (Wildman–Crippen MR) is 64.3 cm³/mol. The van der Waals surface area contributed by atoms with Gasteiger partial charge in [0.1, 0.15) is 0 Å². The lowest BCUT2D eigenvalue weighted by molar-refractivity contribution is -0.384. The van der Waals surface area contributed by atoms with Crippen molar-refractivity contribution in [2.75, 3.05) is 0 Å². The van der Waals surface area contributed by atoms with Crippen molar-refractivity contribution in [3.8, 4) is 6.07 Å². The maximum Gasteiger partial charge on any atom is 0.270 e. The van der Waals surface area contributed by atoms with Crippen molar-refractivity contribution in [1.82, 2.24) is 0 Å². The van der Waals surface area contributed by atoms with E-state index in [1.807, 2.05) is 6.07 Å². The van der Waals surface area contributed by atoms with Gasteiger partial charge in [-0.25, -0.2) is 0 Å². The molecule has 0 spiro atoms. The number of allylic oxidation sites excluding steroid dienone is 2. The van der Waals surface area contributed by atoms with Crippen LogP contribution >= 0.6 is 0 Å². The minimum Gasteiger partial charge on any atom is -0.258 e. The fraction of sp³-hybridized carbons (Fsp3) is 0.308. The molecule has 4 nitrogen and oxygen atoms in total. The van der Waals surface area contributed by atoms with Gasteiger partial charge in [0.25, 0.3) is 5.69 Å². The second kappa shape index (κ2) is 3.70. The van der Waals surface area contributed by atoms with Crippen LogP contribution in [0.25, 0.3) is 5.57 Å². The lowest BCUT2D eigenvalue weighted by atomic mass is 9.86. The predicted octanol–water partition coefficient (Wildman–Crippen LogP) is 3.18. The second-order valence-electron chi connectivity index (χ2n) is 4.85. The smallest absolute Gasteiger partial charge is 0.258 e. The number of hydrogen-bond donors (Lipinski definition) is 0. The lowest BCUT2D eigenvalue weighted by Crippen LogP contribution is -2.11. The number of non-ortho nitro benzene ring substituents is 1. The number of nitro benzene ring substituents is 1. The van der Waals surface area contributed by atoms with E-state index >= 15 is 0 Å². The van der Waals surface area contributed by atoms with E-state index in [0.717, 1.165) is 23.1 Å². The molecule has 1 aromatic rings. The summed E-state index contributed by atoms with van der Waals surface area (Å²) in [6.45, 7) is 4.16. The highest BCUT2D eigenvalue weighted by Crippen LogP contribution is 2.46. The summed E-state index contributed by atoms with van der Waals surface area (Å²) in [4.78, 5) is 10.3. The van der Waals surface area contributed by atoms with Gasteiger partial charge in [-0.2, -0.15) is 5.26 Å². The fourth-order valence-corrected chi connectivity index (χ4v) is 2.37. The first-order valence-electron chi connectivity index (χ1n) is 5.33. The van der Waals surface area contributed by atoms with E-state index in [-0.39, 0.29) is 11.1 Å². The molecular formula is C13H12N2O2. The molecule has 4 heteroatoms. The summed E-state index contributed by atoms with van der Waals surface area (Å²) in [6.07, 6.45) is 2.23. The second-order valence-corrected chi connectivity index (χ2v) is 4.85. The van der Waals surface area contributed by atoms with Gasteiger partial charge in [-0.15, -0.1) is 0 Å². The molecule has 17 heavy (non-hydrogen) atoms. The number of nitro groups is 1. The number of rotatable bonds is 1. The topological polar surface area (TPSA) is 66.9 Å². The third-order valence-corrected chi connectivity index (χ3v) is 3.16. The molecule has 0 fully saturated rings. The van der Waals surface area contributed by atoms with Gasteiger partial charge in [0.15, 0.2) is 0 Å². The summed E-state index contributed by atoms with van der Waals surface area (Å²) >= 11 is 0.